The van der Waals surface area contributed by atoms with Crippen LogP contribution in [0.3, 0.4) is 0 Å². The largest absolute Gasteiger partial charge is 0.454 e. The van der Waals surface area contributed by atoms with Crippen molar-refractivity contribution in [1.82, 2.24) is 10.2 Å². The molecule has 2 aliphatic heterocycles. The number of carbonyl (C=O) groups excluding carboxylic acids is 2. The molecule has 0 aromatic heterocycles. The fourth-order valence-electron chi connectivity index (χ4n) is 3.54. The van der Waals surface area contributed by atoms with Gasteiger partial charge in [-0.1, -0.05) is 6.42 Å². The number of hydrogen-bond acceptors (Lipinski definition) is 4. The van der Waals surface area contributed by atoms with E-state index in [-0.39, 0.29) is 24.6 Å². The number of ether oxygens (including phenoxy) is 2. The van der Waals surface area contributed by atoms with E-state index in [9.17, 15) is 9.59 Å². The van der Waals surface area contributed by atoms with Crippen molar-refractivity contribution >= 4 is 11.8 Å². The van der Waals surface area contributed by atoms with Crippen LogP contribution in [0.5, 0.6) is 11.5 Å². The first-order valence-corrected chi connectivity index (χ1v) is 8.71. The average Bonchev–Trinajstić information content (AvgIpc) is 3.20. The summed E-state index contributed by atoms with van der Waals surface area (Å²) in [4.78, 5) is 27.0. The summed E-state index contributed by atoms with van der Waals surface area (Å²) in [5.74, 6) is 1.73. The summed E-state index contributed by atoms with van der Waals surface area (Å²) in [5.41, 5.74) is 0.540. The van der Waals surface area contributed by atoms with E-state index in [1.54, 1.807) is 23.1 Å². The van der Waals surface area contributed by atoms with Crippen LogP contribution in [0.2, 0.25) is 0 Å². The fraction of sp³-hybridized carbons (Fsp3) is 0.556. The number of amides is 2. The van der Waals surface area contributed by atoms with Gasteiger partial charge in [0.15, 0.2) is 11.5 Å². The van der Waals surface area contributed by atoms with Crippen LogP contribution in [0.25, 0.3) is 0 Å². The lowest BCUT2D eigenvalue weighted by molar-refractivity contribution is -0.125. The third-order valence-electron chi connectivity index (χ3n) is 5.23. The van der Waals surface area contributed by atoms with Gasteiger partial charge in [0.2, 0.25) is 12.7 Å². The second-order valence-electron chi connectivity index (χ2n) is 6.77. The number of fused-ring (bicyclic) bond motifs is 1. The van der Waals surface area contributed by atoms with Gasteiger partial charge in [0.1, 0.15) is 6.04 Å². The Morgan fingerprint density at radius 1 is 1.12 bits per heavy atom. The molecule has 0 spiro atoms. The predicted molar refractivity (Wildman–Crippen MR) is 87.0 cm³/mol. The molecule has 1 saturated carbocycles. The standard InChI is InChI=1S/C18H22N2O4/c21-17(19-10-12-3-1-4-12)14-5-2-8-20(14)18(22)13-6-7-15-16(9-13)24-11-23-15/h6-7,9,12,14H,1-5,8,10-11H2,(H,19,21). The van der Waals surface area contributed by atoms with E-state index in [2.05, 4.69) is 5.32 Å². The van der Waals surface area contributed by atoms with Gasteiger partial charge in [-0.05, 0) is 49.8 Å². The molecule has 1 aromatic carbocycles. The number of hydrogen-bond donors (Lipinski definition) is 1. The molecule has 1 unspecified atom stereocenters. The minimum Gasteiger partial charge on any atom is -0.454 e. The Bertz CT molecular complexity index is 656. The highest BCUT2D eigenvalue weighted by atomic mass is 16.7. The highest BCUT2D eigenvalue weighted by Crippen LogP contribution is 2.33. The molecule has 2 heterocycles. The summed E-state index contributed by atoms with van der Waals surface area (Å²) < 4.78 is 10.6. The quantitative estimate of drug-likeness (QED) is 0.916. The Morgan fingerprint density at radius 2 is 1.96 bits per heavy atom. The predicted octanol–water partition coefficient (Wildman–Crippen LogP) is 1.94. The third kappa shape index (κ3) is 2.81. The van der Waals surface area contributed by atoms with E-state index < -0.39 is 0 Å². The van der Waals surface area contributed by atoms with E-state index in [1.165, 1.54) is 19.3 Å². The Kier molecular flexibility index (Phi) is 4.04. The Labute approximate surface area is 141 Å². The molecule has 0 bridgehead atoms. The molecule has 4 rings (SSSR count). The molecule has 1 N–H and O–H groups in total. The van der Waals surface area contributed by atoms with Gasteiger partial charge in [0.25, 0.3) is 5.91 Å². The summed E-state index contributed by atoms with van der Waals surface area (Å²) in [6.45, 7) is 1.54. The highest BCUT2D eigenvalue weighted by Gasteiger charge is 2.35. The van der Waals surface area contributed by atoms with E-state index in [4.69, 9.17) is 9.47 Å². The lowest BCUT2D eigenvalue weighted by Crippen LogP contribution is -2.47. The molecule has 24 heavy (non-hydrogen) atoms. The number of rotatable bonds is 4. The van der Waals surface area contributed by atoms with Crippen molar-refractivity contribution in [3.63, 3.8) is 0 Å². The van der Waals surface area contributed by atoms with Gasteiger partial charge in [-0.15, -0.1) is 0 Å². The first-order chi connectivity index (χ1) is 11.7. The monoisotopic (exact) mass is 330 g/mol. The summed E-state index contributed by atoms with van der Waals surface area (Å²) >= 11 is 0. The molecule has 1 aromatic rings. The van der Waals surface area contributed by atoms with Crippen LogP contribution in [0.4, 0.5) is 0 Å². The minimum atomic E-state index is -0.358. The molecule has 2 amide bonds. The minimum absolute atomic E-state index is 0.0199. The lowest BCUT2D eigenvalue weighted by atomic mass is 9.85. The van der Waals surface area contributed by atoms with Crippen LogP contribution in [0.1, 0.15) is 42.5 Å². The van der Waals surface area contributed by atoms with Crippen LogP contribution in [0.15, 0.2) is 18.2 Å². The summed E-state index contributed by atoms with van der Waals surface area (Å²) in [7, 11) is 0. The molecule has 1 saturated heterocycles. The molecule has 1 atom stereocenters. The summed E-state index contributed by atoms with van der Waals surface area (Å²) in [5, 5.41) is 3.03. The molecule has 0 radical (unpaired) electrons. The van der Waals surface area contributed by atoms with Gasteiger partial charge in [-0.3, -0.25) is 9.59 Å². The lowest BCUT2D eigenvalue weighted by Gasteiger charge is -2.28. The van der Waals surface area contributed by atoms with Crippen molar-refractivity contribution < 1.29 is 19.1 Å². The Balaban J connectivity index is 1.43. The second-order valence-corrected chi connectivity index (χ2v) is 6.77. The van der Waals surface area contributed by atoms with E-state index in [1.807, 2.05) is 0 Å². The molecule has 3 aliphatic rings. The van der Waals surface area contributed by atoms with Crippen molar-refractivity contribution in [2.24, 2.45) is 5.92 Å². The highest BCUT2D eigenvalue weighted by molar-refractivity contribution is 5.98. The van der Waals surface area contributed by atoms with Crippen molar-refractivity contribution in [3.8, 4) is 11.5 Å². The van der Waals surface area contributed by atoms with Gasteiger partial charge >= 0.3 is 0 Å². The maximum Gasteiger partial charge on any atom is 0.254 e. The first-order valence-electron chi connectivity index (χ1n) is 8.71. The van der Waals surface area contributed by atoms with Crippen molar-refractivity contribution in [2.75, 3.05) is 19.9 Å². The second kappa shape index (κ2) is 6.34. The summed E-state index contributed by atoms with van der Waals surface area (Å²) in [6, 6.07) is 4.82. The van der Waals surface area contributed by atoms with Gasteiger partial charge in [0.05, 0.1) is 0 Å². The van der Waals surface area contributed by atoms with Crippen molar-refractivity contribution in [1.29, 1.82) is 0 Å². The molecule has 6 heteroatoms. The molecular weight excluding hydrogens is 308 g/mol. The zero-order chi connectivity index (χ0) is 16.5. The summed E-state index contributed by atoms with van der Waals surface area (Å²) in [6.07, 6.45) is 5.25. The topological polar surface area (TPSA) is 67.9 Å². The number of nitrogens with one attached hydrogen (secondary N) is 1. The molecule has 1 aliphatic carbocycles. The zero-order valence-corrected chi connectivity index (χ0v) is 13.6. The van der Waals surface area contributed by atoms with E-state index >= 15 is 0 Å². The smallest absolute Gasteiger partial charge is 0.254 e. The van der Waals surface area contributed by atoms with Crippen molar-refractivity contribution in [2.45, 2.75) is 38.1 Å². The van der Waals surface area contributed by atoms with Gasteiger partial charge in [-0.2, -0.15) is 0 Å². The average molecular weight is 330 g/mol. The molecule has 6 nitrogen and oxygen atoms in total. The van der Waals surface area contributed by atoms with Crippen LogP contribution in [-0.2, 0) is 4.79 Å². The van der Waals surface area contributed by atoms with Gasteiger partial charge < -0.3 is 19.7 Å². The normalized spacial score (nSPS) is 22.3. The molecular formula is C18H22N2O4. The fourth-order valence-corrected chi connectivity index (χ4v) is 3.54. The SMILES string of the molecule is O=C(NCC1CCC1)C1CCCN1C(=O)c1ccc2c(c1)OCO2. The number of benzene rings is 1. The van der Waals surface area contributed by atoms with E-state index in [0.717, 1.165) is 19.4 Å². The van der Waals surface area contributed by atoms with Gasteiger partial charge in [-0.25, -0.2) is 0 Å². The van der Waals surface area contributed by atoms with Crippen LogP contribution >= 0.6 is 0 Å². The Morgan fingerprint density at radius 3 is 2.75 bits per heavy atom. The van der Waals surface area contributed by atoms with Crippen LogP contribution in [0, 0.1) is 5.92 Å². The zero-order valence-electron chi connectivity index (χ0n) is 13.6. The maximum atomic E-state index is 12.8. The Hall–Kier alpha value is -2.24. The molecule has 2 fully saturated rings. The third-order valence-corrected chi connectivity index (χ3v) is 5.23. The number of likely N-dealkylation sites (tertiary alicyclic amines) is 1. The number of nitrogens with zero attached hydrogens (tertiary/aromatic N) is 1. The maximum absolute atomic E-state index is 12.8. The number of carbonyl (C=O) groups is 2. The first kappa shape index (κ1) is 15.3. The van der Waals surface area contributed by atoms with Crippen LogP contribution in [-0.4, -0.2) is 42.6 Å². The van der Waals surface area contributed by atoms with E-state index in [0.29, 0.717) is 29.5 Å². The molecule has 128 valence electrons. The van der Waals surface area contributed by atoms with Crippen molar-refractivity contribution in [3.05, 3.63) is 23.8 Å². The van der Waals surface area contributed by atoms with Crippen LogP contribution < -0.4 is 14.8 Å². The van der Waals surface area contributed by atoms with Gasteiger partial charge in [0, 0.05) is 18.7 Å².